The zero-order valence-corrected chi connectivity index (χ0v) is 16.3. The summed E-state index contributed by atoms with van der Waals surface area (Å²) < 4.78 is 0. The average molecular weight is 335 g/mol. The summed E-state index contributed by atoms with van der Waals surface area (Å²) in [6, 6.07) is 8.97. The van der Waals surface area contributed by atoms with Crippen molar-refractivity contribution in [2.45, 2.75) is 103 Å². The largest absolute Gasteiger partial charge is 0.175 e. The Morgan fingerprint density at radius 1 is 0.565 bits per heavy atom. The topological polar surface area (TPSA) is 0 Å². The molecule has 1 rings (SSSR count). The van der Waals surface area contributed by atoms with Crippen LogP contribution < -0.4 is 0 Å². The summed E-state index contributed by atoms with van der Waals surface area (Å²) in [5.41, 5.74) is 2.81. The summed E-state index contributed by atoms with van der Waals surface area (Å²) >= 11 is 4.30. The number of rotatable bonds is 15. The molecule has 1 aromatic rings. The fourth-order valence-electron chi connectivity index (χ4n) is 3.16. The van der Waals surface area contributed by atoms with E-state index in [1.807, 2.05) is 0 Å². The third-order valence-electron chi connectivity index (χ3n) is 4.77. The summed E-state index contributed by atoms with van der Waals surface area (Å²) in [5.74, 6) is 0.846. The van der Waals surface area contributed by atoms with Crippen molar-refractivity contribution in [3.8, 4) is 0 Å². The molecule has 0 heterocycles. The van der Waals surface area contributed by atoms with Gasteiger partial charge in [0.25, 0.3) is 0 Å². The van der Waals surface area contributed by atoms with Gasteiger partial charge in [-0.05, 0) is 24.0 Å². The number of unbranched alkanes of at least 4 members (excludes halogenated alkanes) is 12. The van der Waals surface area contributed by atoms with Crippen LogP contribution in [0, 0.1) is 0 Å². The van der Waals surface area contributed by atoms with Crippen molar-refractivity contribution in [3.63, 3.8) is 0 Å². The highest BCUT2D eigenvalue weighted by Crippen LogP contribution is 2.14. The molecule has 0 bridgehead atoms. The van der Waals surface area contributed by atoms with Gasteiger partial charge in [0, 0.05) is 5.75 Å². The van der Waals surface area contributed by atoms with E-state index in [2.05, 4.69) is 43.8 Å². The van der Waals surface area contributed by atoms with Crippen molar-refractivity contribution in [1.29, 1.82) is 0 Å². The summed E-state index contributed by atoms with van der Waals surface area (Å²) in [6.45, 7) is 2.29. The summed E-state index contributed by atoms with van der Waals surface area (Å²) in [7, 11) is 0. The van der Waals surface area contributed by atoms with Gasteiger partial charge in [0.1, 0.15) is 0 Å². The van der Waals surface area contributed by atoms with Crippen molar-refractivity contribution in [1.82, 2.24) is 0 Å². The Labute approximate surface area is 150 Å². The first kappa shape index (κ1) is 20.6. The summed E-state index contributed by atoms with van der Waals surface area (Å²) in [6.07, 6.45) is 19.8. The van der Waals surface area contributed by atoms with Gasteiger partial charge in [-0.3, -0.25) is 0 Å². The highest BCUT2D eigenvalue weighted by Gasteiger charge is 1.96. The van der Waals surface area contributed by atoms with Crippen LogP contribution >= 0.6 is 12.6 Å². The fourth-order valence-corrected chi connectivity index (χ4v) is 3.37. The highest BCUT2D eigenvalue weighted by atomic mass is 32.1. The van der Waals surface area contributed by atoms with Gasteiger partial charge in [0.2, 0.25) is 0 Å². The van der Waals surface area contributed by atoms with E-state index in [0.29, 0.717) is 0 Å². The van der Waals surface area contributed by atoms with E-state index in [-0.39, 0.29) is 0 Å². The summed E-state index contributed by atoms with van der Waals surface area (Å²) in [4.78, 5) is 0. The second-order valence-electron chi connectivity index (χ2n) is 6.97. The molecule has 0 atom stereocenters. The molecule has 0 aliphatic heterocycles. The van der Waals surface area contributed by atoms with Crippen LogP contribution in [0.25, 0.3) is 0 Å². The molecule has 0 aliphatic carbocycles. The minimum atomic E-state index is 0.846. The van der Waals surface area contributed by atoms with Crippen molar-refractivity contribution >= 4 is 12.6 Å². The summed E-state index contributed by atoms with van der Waals surface area (Å²) in [5, 5.41) is 0. The monoisotopic (exact) mass is 334 g/mol. The Bertz CT molecular complexity index is 355. The molecule has 0 saturated carbocycles. The zero-order chi connectivity index (χ0) is 16.6. The molecular weight excluding hydrogens is 296 g/mol. The van der Waals surface area contributed by atoms with Gasteiger partial charge >= 0.3 is 0 Å². The van der Waals surface area contributed by atoms with Crippen LogP contribution in [0.4, 0.5) is 0 Å². The van der Waals surface area contributed by atoms with Crippen LogP contribution in [0.3, 0.4) is 0 Å². The van der Waals surface area contributed by atoms with Gasteiger partial charge in [0.05, 0.1) is 0 Å². The van der Waals surface area contributed by atoms with Crippen LogP contribution in [0.15, 0.2) is 24.3 Å². The first-order chi connectivity index (χ1) is 11.4. The Morgan fingerprint density at radius 3 is 1.39 bits per heavy atom. The van der Waals surface area contributed by atoms with Gasteiger partial charge in [-0.1, -0.05) is 108 Å². The maximum absolute atomic E-state index is 4.30. The van der Waals surface area contributed by atoms with Crippen molar-refractivity contribution in [3.05, 3.63) is 35.4 Å². The van der Waals surface area contributed by atoms with Gasteiger partial charge in [-0.15, -0.1) is 0 Å². The van der Waals surface area contributed by atoms with Crippen LogP contribution in [-0.4, -0.2) is 0 Å². The lowest BCUT2D eigenvalue weighted by molar-refractivity contribution is 0.539. The molecule has 0 N–H and O–H groups in total. The van der Waals surface area contributed by atoms with E-state index in [1.54, 1.807) is 0 Å². The first-order valence-electron chi connectivity index (χ1n) is 10.1. The predicted octanol–water partition coefficient (Wildman–Crippen LogP) is 7.75. The maximum Gasteiger partial charge on any atom is 0.0154 e. The molecule has 23 heavy (non-hydrogen) atoms. The first-order valence-corrected chi connectivity index (χ1v) is 10.7. The number of hydrogen-bond acceptors (Lipinski definition) is 1. The van der Waals surface area contributed by atoms with Crippen LogP contribution in [0.5, 0.6) is 0 Å². The number of aryl methyl sites for hydroxylation is 1. The Morgan fingerprint density at radius 2 is 0.957 bits per heavy atom. The Kier molecular flexibility index (Phi) is 13.6. The lowest BCUT2D eigenvalue weighted by atomic mass is 10.0. The fraction of sp³-hybridized carbons (Fsp3) is 0.727. The molecule has 0 nitrogen and oxygen atoms in total. The lowest BCUT2D eigenvalue weighted by Crippen LogP contribution is -1.87. The van der Waals surface area contributed by atoms with Crippen molar-refractivity contribution < 1.29 is 0 Å². The van der Waals surface area contributed by atoms with E-state index >= 15 is 0 Å². The lowest BCUT2D eigenvalue weighted by Gasteiger charge is -2.04. The average Bonchev–Trinajstić information content (AvgIpc) is 2.59. The third-order valence-corrected chi connectivity index (χ3v) is 5.14. The molecule has 0 aromatic heterocycles. The second kappa shape index (κ2) is 15.1. The van der Waals surface area contributed by atoms with Crippen molar-refractivity contribution in [2.75, 3.05) is 0 Å². The zero-order valence-electron chi connectivity index (χ0n) is 15.4. The molecule has 0 radical (unpaired) electrons. The van der Waals surface area contributed by atoms with E-state index in [4.69, 9.17) is 0 Å². The standard InChI is InChI=1S/C22H38S/c1-2-3-4-5-6-7-8-9-10-11-12-13-14-15-21-16-18-22(20-23)19-17-21/h16-19,23H,2-15,20H2,1H3. The molecule has 1 heteroatoms. The molecular formula is C22H38S. The molecule has 132 valence electrons. The van der Waals surface area contributed by atoms with Gasteiger partial charge in [-0.25, -0.2) is 0 Å². The molecule has 1 aromatic carbocycles. The van der Waals surface area contributed by atoms with Gasteiger partial charge in [-0.2, -0.15) is 12.6 Å². The van der Waals surface area contributed by atoms with Crippen LogP contribution in [-0.2, 0) is 12.2 Å². The minimum Gasteiger partial charge on any atom is -0.175 e. The maximum atomic E-state index is 4.30. The predicted molar refractivity (Wildman–Crippen MR) is 109 cm³/mol. The van der Waals surface area contributed by atoms with Crippen molar-refractivity contribution in [2.24, 2.45) is 0 Å². The number of thiol groups is 1. The smallest absolute Gasteiger partial charge is 0.0154 e. The van der Waals surface area contributed by atoms with E-state index in [1.165, 1.54) is 101 Å². The highest BCUT2D eigenvalue weighted by molar-refractivity contribution is 7.79. The molecule has 0 amide bonds. The molecule has 0 spiro atoms. The van der Waals surface area contributed by atoms with E-state index < -0.39 is 0 Å². The van der Waals surface area contributed by atoms with Crippen LogP contribution in [0.2, 0.25) is 0 Å². The molecule has 0 saturated heterocycles. The molecule has 0 aliphatic rings. The molecule has 0 unspecified atom stereocenters. The normalized spacial score (nSPS) is 11.0. The Balaban J connectivity index is 1.82. The van der Waals surface area contributed by atoms with Crippen LogP contribution in [0.1, 0.15) is 102 Å². The van der Waals surface area contributed by atoms with Gasteiger partial charge < -0.3 is 0 Å². The van der Waals surface area contributed by atoms with Gasteiger partial charge in [0.15, 0.2) is 0 Å². The number of hydrogen-bond donors (Lipinski definition) is 1. The second-order valence-corrected chi connectivity index (χ2v) is 7.28. The SMILES string of the molecule is CCCCCCCCCCCCCCCc1ccc(CS)cc1. The third kappa shape index (κ3) is 11.7. The minimum absolute atomic E-state index is 0.846. The van der Waals surface area contributed by atoms with E-state index in [0.717, 1.165) is 5.75 Å². The number of benzene rings is 1. The van der Waals surface area contributed by atoms with E-state index in [9.17, 15) is 0 Å². The molecule has 0 fully saturated rings. The quantitative estimate of drug-likeness (QED) is 0.246. The Hall–Kier alpha value is -0.430.